The fourth-order valence-corrected chi connectivity index (χ4v) is 3.41. The van der Waals surface area contributed by atoms with E-state index in [1.807, 2.05) is 0 Å². The van der Waals surface area contributed by atoms with E-state index in [4.69, 9.17) is 9.47 Å². The smallest absolute Gasteiger partial charge is 0.347 e. The zero-order valence-corrected chi connectivity index (χ0v) is 12.7. The van der Waals surface area contributed by atoms with Gasteiger partial charge in [-0.05, 0) is 26.3 Å². The predicted octanol–water partition coefficient (Wildman–Crippen LogP) is 1.31. The van der Waals surface area contributed by atoms with Gasteiger partial charge in [-0.3, -0.25) is 9.59 Å². The lowest BCUT2D eigenvalue weighted by molar-refractivity contribution is -0.156. The molecule has 0 aromatic carbocycles. The molecule has 7 heteroatoms. The number of hydrogen-bond donors (Lipinski definition) is 0. The van der Waals surface area contributed by atoms with Gasteiger partial charge < -0.3 is 14.4 Å². The summed E-state index contributed by atoms with van der Waals surface area (Å²) in [5.74, 6) is -0.944. The van der Waals surface area contributed by atoms with Crippen LogP contribution in [-0.4, -0.2) is 46.7 Å². The third-order valence-electron chi connectivity index (χ3n) is 2.87. The Morgan fingerprint density at radius 2 is 1.95 bits per heavy atom. The molecule has 0 saturated carbocycles. The first-order valence-electron chi connectivity index (χ1n) is 6.34. The molecule has 1 aliphatic heterocycles. The number of ether oxygens (including phenoxy) is 2. The van der Waals surface area contributed by atoms with Crippen LogP contribution in [0.25, 0.3) is 0 Å². The minimum Gasteiger partial charge on any atom is -0.466 e. The van der Waals surface area contributed by atoms with E-state index in [0.717, 1.165) is 0 Å². The summed E-state index contributed by atoms with van der Waals surface area (Å²) in [6.45, 7) is 9.30. The summed E-state index contributed by atoms with van der Waals surface area (Å²) in [5.41, 5.74) is 0.494. The fraction of sp³-hybridized carbons (Fsp3) is 0.615. The van der Waals surface area contributed by atoms with Crippen molar-refractivity contribution in [3.05, 3.63) is 12.2 Å². The average molecular weight is 301 g/mol. The summed E-state index contributed by atoms with van der Waals surface area (Å²) in [6, 6.07) is 0. The van der Waals surface area contributed by atoms with E-state index in [9.17, 15) is 14.4 Å². The van der Waals surface area contributed by atoms with E-state index in [0.29, 0.717) is 12.0 Å². The van der Waals surface area contributed by atoms with E-state index < -0.39 is 22.2 Å². The van der Waals surface area contributed by atoms with Gasteiger partial charge in [0, 0.05) is 0 Å². The molecule has 1 amide bonds. The van der Waals surface area contributed by atoms with Crippen molar-refractivity contribution < 1.29 is 23.9 Å². The zero-order valence-electron chi connectivity index (χ0n) is 11.9. The molecular formula is C13H19NO5S. The first-order valence-corrected chi connectivity index (χ1v) is 7.22. The summed E-state index contributed by atoms with van der Waals surface area (Å²) < 4.78 is 9.85. The van der Waals surface area contributed by atoms with Crippen LogP contribution in [0, 0.1) is 0 Å². The molecule has 112 valence electrons. The van der Waals surface area contributed by atoms with Crippen LogP contribution in [0.3, 0.4) is 0 Å². The molecule has 0 bridgehead atoms. The maximum absolute atomic E-state index is 12.1. The molecule has 2 unspecified atom stereocenters. The molecule has 1 fully saturated rings. The molecule has 0 aromatic rings. The third kappa shape index (κ3) is 2.82. The number of amides is 1. The Bertz CT molecular complexity index is 425. The van der Waals surface area contributed by atoms with Crippen molar-refractivity contribution in [2.45, 2.75) is 37.4 Å². The lowest BCUT2D eigenvalue weighted by Crippen LogP contribution is -2.66. The van der Waals surface area contributed by atoms with Gasteiger partial charge in [0.15, 0.2) is 0 Å². The van der Waals surface area contributed by atoms with Crippen molar-refractivity contribution in [2.24, 2.45) is 0 Å². The normalized spacial score (nSPS) is 24.6. The molecule has 1 aliphatic rings. The van der Waals surface area contributed by atoms with Gasteiger partial charge >= 0.3 is 11.9 Å². The minimum atomic E-state index is -1.23. The van der Waals surface area contributed by atoms with Crippen LogP contribution >= 0.6 is 11.8 Å². The van der Waals surface area contributed by atoms with Gasteiger partial charge in [0.05, 0.1) is 25.0 Å². The third-order valence-corrected chi connectivity index (χ3v) is 4.60. The fourth-order valence-electron chi connectivity index (χ4n) is 1.99. The lowest BCUT2D eigenvalue weighted by Gasteiger charge is -2.53. The Kier molecular flexibility index (Phi) is 5.62. The Balaban J connectivity index is 2.86. The van der Waals surface area contributed by atoms with Crippen LogP contribution in [-0.2, 0) is 23.9 Å². The van der Waals surface area contributed by atoms with Gasteiger partial charge in [-0.25, -0.2) is 4.79 Å². The molecule has 1 rings (SSSR count). The number of thioether (sulfide) groups is 1. The summed E-state index contributed by atoms with van der Waals surface area (Å²) in [4.78, 5) is 34.9. The van der Waals surface area contributed by atoms with Crippen molar-refractivity contribution in [1.82, 2.24) is 4.90 Å². The van der Waals surface area contributed by atoms with Crippen LogP contribution in [0.2, 0.25) is 0 Å². The summed E-state index contributed by atoms with van der Waals surface area (Å²) in [6.07, 6.45) is 0.581. The highest BCUT2D eigenvalue weighted by Gasteiger charge is 2.60. The first kappa shape index (κ1) is 16.6. The van der Waals surface area contributed by atoms with Crippen LogP contribution < -0.4 is 0 Å². The highest BCUT2D eigenvalue weighted by Crippen LogP contribution is 2.52. The first-order chi connectivity index (χ1) is 9.43. The van der Waals surface area contributed by atoms with E-state index in [1.165, 1.54) is 16.7 Å². The number of carbonyl (C=O) groups is 3. The topological polar surface area (TPSA) is 72.9 Å². The highest BCUT2D eigenvalue weighted by molar-refractivity contribution is 8.03. The SMILES string of the molecule is C=C(C)C1(C(=O)OCC)SC(CC(=O)OCC)N1C=O. The van der Waals surface area contributed by atoms with Crippen molar-refractivity contribution in [3.63, 3.8) is 0 Å². The molecule has 0 radical (unpaired) electrons. The monoisotopic (exact) mass is 301 g/mol. The zero-order chi connectivity index (χ0) is 15.3. The Morgan fingerprint density at radius 1 is 1.35 bits per heavy atom. The van der Waals surface area contributed by atoms with E-state index in [2.05, 4.69) is 6.58 Å². The number of rotatable bonds is 7. The van der Waals surface area contributed by atoms with E-state index in [-0.39, 0.29) is 19.6 Å². The van der Waals surface area contributed by atoms with E-state index in [1.54, 1.807) is 20.8 Å². The lowest BCUT2D eigenvalue weighted by atomic mass is 10.1. The maximum atomic E-state index is 12.1. The number of hydrogen-bond acceptors (Lipinski definition) is 6. The van der Waals surface area contributed by atoms with Crippen molar-refractivity contribution in [3.8, 4) is 0 Å². The van der Waals surface area contributed by atoms with Gasteiger partial charge in [0.2, 0.25) is 11.3 Å². The molecule has 1 heterocycles. The molecule has 6 nitrogen and oxygen atoms in total. The van der Waals surface area contributed by atoms with E-state index >= 15 is 0 Å². The molecule has 1 saturated heterocycles. The molecule has 0 N–H and O–H groups in total. The molecule has 0 spiro atoms. The predicted molar refractivity (Wildman–Crippen MR) is 74.7 cm³/mol. The average Bonchev–Trinajstić information content (AvgIpc) is 2.34. The molecular weight excluding hydrogens is 282 g/mol. The largest absolute Gasteiger partial charge is 0.466 e. The highest BCUT2D eigenvalue weighted by atomic mass is 32.2. The molecule has 2 atom stereocenters. The molecule has 0 aromatic heterocycles. The van der Waals surface area contributed by atoms with Crippen molar-refractivity contribution >= 4 is 30.1 Å². The Morgan fingerprint density at radius 3 is 2.40 bits per heavy atom. The Hall–Kier alpha value is -1.50. The van der Waals surface area contributed by atoms with Crippen LogP contribution in [0.5, 0.6) is 0 Å². The second kappa shape index (κ2) is 6.78. The summed E-state index contributed by atoms with van der Waals surface area (Å²) >= 11 is 1.18. The second-order valence-corrected chi connectivity index (χ2v) is 5.61. The van der Waals surface area contributed by atoms with Gasteiger partial charge in [0.25, 0.3) is 0 Å². The Labute approximate surface area is 122 Å². The second-order valence-electron chi connectivity index (χ2n) is 4.24. The summed E-state index contributed by atoms with van der Waals surface area (Å²) in [5, 5.41) is -0.437. The van der Waals surface area contributed by atoms with Crippen LogP contribution in [0.4, 0.5) is 0 Å². The number of carbonyl (C=O) groups excluding carboxylic acids is 3. The van der Waals surface area contributed by atoms with Gasteiger partial charge in [-0.2, -0.15) is 0 Å². The van der Waals surface area contributed by atoms with Crippen LogP contribution in [0.1, 0.15) is 27.2 Å². The molecule has 0 aliphatic carbocycles. The quantitative estimate of drug-likeness (QED) is 0.401. The standard InChI is InChI=1S/C13H19NO5S/c1-5-18-11(16)7-10-14(8-15)13(20-10,9(3)4)12(17)19-6-2/h8,10H,3,5-7H2,1-2,4H3. The number of esters is 2. The van der Waals surface area contributed by atoms with Gasteiger partial charge in [-0.1, -0.05) is 18.3 Å². The van der Waals surface area contributed by atoms with Crippen LogP contribution in [0.15, 0.2) is 12.2 Å². The van der Waals surface area contributed by atoms with Crippen molar-refractivity contribution in [2.75, 3.05) is 13.2 Å². The van der Waals surface area contributed by atoms with Crippen molar-refractivity contribution in [1.29, 1.82) is 0 Å². The molecule has 20 heavy (non-hydrogen) atoms. The maximum Gasteiger partial charge on any atom is 0.347 e. The van der Waals surface area contributed by atoms with Gasteiger partial charge in [-0.15, -0.1) is 0 Å². The minimum absolute atomic E-state index is 0.0334. The van der Waals surface area contributed by atoms with Gasteiger partial charge in [0.1, 0.15) is 0 Å². The summed E-state index contributed by atoms with van der Waals surface area (Å²) in [7, 11) is 0. The number of nitrogens with zero attached hydrogens (tertiary/aromatic N) is 1.